The Balaban J connectivity index is 1.25. The fraction of sp³-hybridized carbons (Fsp3) is 0.0714. The van der Waals surface area contributed by atoms with Crippen LogP contribution in [0.5, 0.6) is 0 Å². The molecule has 10 heteroatoms. The van der Waals surface area contributed by atoms with Gasteiger partial charge in [0.1, 0.15) is 0 Å². The average Bonchev–Trinajstić information content (AvgIpc) is 2.90. The standard InChI is InChI=1S/C28H22F3N7/c1-18-25-13-12-22(35-20-7-3-2-4-8-20)15-26(25)37-27(34-18)38-33-17-23-10-11-24(16-32-23)36-21-9-5-6-19(14-21)28(29,30)31/h2-17,35-36H,1H3,(H,34,37,38)/b33-17+. The van der Waals surface area contributed by atoms with Crippen LogP contribution < -0.4 is 16.1 Å². The van der Waals surface area contributed by atoms with Crippen LogP contribution in [0.3, 0.4) is 0 Å². The predicted molar refractivity (Wildman–Crippen MR) is 144 cm³/mol. The normalized spacial score (nSPS) is 11.6. The Morgan fingerprint density at radius 2 is 1.50 bits per heavy atom. The van der Waals surface area contributed by atoms with Crippen LogP contribution in [-0.2, 0) is 6.18 Å². The summed E-state index contributed by atoms with van der Waals surface area (Å²) in [5.74, 6) is 0.339. The predicted octanol–water partition coefficient (Wildman–Crippen LogP) is 7.29. The van der Waals surface area contributed by atoms with E-state index >= 15 is 0 Å². The molecule has 0 aliphatic rings. The number of pyridine rings is 1. The van der Waals surface area contributed by atoms with Crippen molar-refractivity contribution < 1.29 is 13.2 Å². The highest BCUT2D eigenvalue weighted by Crippen LogP contribution is 2.31. The number of hydrogen-bond donors (Lipinski definition) is 3. The zero-order chi connectivity index (χ0) is 26.5. The molecule has 5 aromatic rings. The van der Waals surface area contributed by atoms with Gasteiger partial charge < -0.3 is 10.6 Å². The van der Waals surface area contributed by atoms with Gasteiger partial charge >= 0.3 is 6.18 Å². The molecule has 0 aliphatic carbocycles. The Morgan fingerprint density at radius 1 is 0.763 bits per heavy atom. The lowest BCUT2D eigenvalue weighted by atomic mass is 10.1. The van der Waals surface area contributed by atoms with E-state index < -0.39 is 11.7 Å². The number of fused-ring (bicyclic) bond motifs is 1. The van der Waals surface area contributed by atoms with Crippen LogP contribution in [0.25, 0.3) is 10.9 Å². The minimum atomic E-state index is -4.40. The van der Waals surface area contributed by atoms with Crippen molar-refractivity contribution in [2.24, 2.45) is 5.10 Å². The molecule has 38 heavy (non-hydrogen) atoms. The number of alkyl halides is 3. The van der Waals surface area contributed by atoms with Crippen LogP contribution in [0.4, 0.5) is 41.9 Å². The molecule has 2 aromatic heterocycles. The number of para-hydroxylation sites is 1. The number of benzene rings is 3. The fourth-order valence-corrected chi connectivity index (χ4v) is 3.76. The van der Waals surface area contributed by atoms with Gasteiger partial charge in [0.2, 0.25) is 5.95 Å². The summed E-state index contributed by atoms with van der Waals surface area (Å²) in [4.78, 5) is 13.3. The Labute approximate surface area is 216 Å². The second kappa shape index (κ2) is 10.6. The summed E-state index contributed by atoms with van der Waals surface area (Å²) in [6.07, 6.45) is -1.39. The molecular formula is C28H22F3N7. The van der Waals surface area contributed by atoms with Gasteiger partial charge in [0.25, 0.3) is 0 Å². The molecule has 0 spiro atoms. The first kappa shape index (κ1) is 24.7. The molecule has 0 aliphatic heterocycles. The third-order valence-corrected chi connectivity index (χ3v) is 5.58. The van der Waals surface area contributed by atoms with E-state index in [1.807, 2.05) is 55.5 Å². The topological polar surface area (TPSA) is 87.1 Å². The number of nitrogens with zero attached hydrogens (tertiary/aromatic N) is 4. The highest BCUT2D eigenvalue weighted by Gasteiger charge is 2.30. The van der Waals surface area contributed by atoms with Gasteiger partial charge in [-0.25, -0.2) is 15.4 Å². The van der Waals surface area contributed by atoms with Crippen molar-refractivity contribution in [1.29, 1.82) is 0 Å². The number of nitrogens with one attached hydrogen (secondary N) is 3. The van der Waals surface area contributed by atoms with Crippen LogP contribution >= 0.6 is 0 Å². The Hall–Kier alpha value is -4.99. The summed E-state index contributed by atoms with van der Waals surface area (Å²) >= 11 is 0. The minimum Gasteiger partial charge on any atom is -0.355 e. The molecule has 3 aromatic carbocycles. The quantitative estimate of drug-likeness (QED) is 0.157. The van der Waals surface area contributed by atoms with Gasteiger partial charge in [-0.1, -0.05) is 24.3 Å². The van der Waals surface area contributed by atoms with Crippen molar-refractivity contribution in [1.82, 2.24) is 15.0 Å². The molecule has 0 bridgehead atoms. The highest BCUT2D eigenvalue weighted by atomic mass is 19.4. The number of halogens is 3. The Bertz CT molecular complexity index is 1580. The summed E-state index contributed by atoms with van der Waals surface area (Å²) in [6, 6.07) is 24.1. The molecule has 0 fully saturated rings. The molecule has 5 rings (SSSR count). The third kappa shape index (κ3) is 6.04. The van der Waals surface area contributed by atoms with E-state index in [0.717, 1.165) is 40.1 Å². The van der Waals surface area contributed by atoms with Crippen molar-refractivity contribution in [3.8, 4) is 0 Å². The maximum absolute atomic E-state index is 12.9. The van der Waals surface area contributed by atoms with Crippen LogP contribution in [0, 0.1) is 6.92 Å². The Kier molecular flexibility index (Phi) is 6.86. The molecule has 0 atom stereocenters. The second-order valence-corrected chi connectivity index (χ2v) is 8.40. The van der Waals surface area contributed by atoms with Gasteiger partial charge in [0.15, 0.2) is 0 Å². The molecule has 0 unspecified atom stereocenters. The first-order valence-electron chi connectivity index (χ1n) is 11.6. The van der Waals surface area contributed by atoms with Crippen LogP contribution in [-0.4, -0.2) is 21.2 Å². The molecule has 3 N–H and O–H groups in total. The molecule has 7 nitrogen and oxygen atoms in total. The third-order valence-electron chi connectivity index (χ3n) is 5.58. The van der Waals surface area contributed by atoms with Gasteiger partial charge in [0, 0.05) is 22.4 Å². The summed E-state index contributed by atoms with van der Waals surface area (Å²) in [5, 5.41) is 11.4. The van der Waals surface area contributed by atoms with Gasteiger partial charge in [0.05, 0.1) is 40.6 Å². The molecule has 0 saturated carbocycles. The van der Waals surface area contributed by atoms with E-state index in [1.54, 1.807) is 18.2 Å². The summed E-state index contributed by atoms with van der Waals surface area (Å²) in [6.45, 7) is 1.90. The van der Waals surface area contributed by atoms with Crippen LogP contribution in [0.15, 0.2) is 96.2 Å². The van der Waals surface area contributed by atoms with Crippen molar-refractivity contribution in [3.63, 3.8) is 0 Å². The number of anilines is 5. The van der Waals surface area contributed by atoms with Gasteiger partial charge in [-0.05, 0) is 67.6 Å². The van der Waals surface area contributed by atoms with E-state index in [-0.39, 0.29) is 0 Å². The van der Waals surface area contributed by atoms with Gasteiger partial charge in [-0.15, -0.1) is 0 Å². The Morgan fingerprint density at radius 3 is 2.26 bits per heavy atom. The lowest BCUT2D eigenvalue weighted by molar-refractivity contribution is -0.137. The summed E-state index contributed by atoms with van der Waals surface area (Å²) < 4.78 is 38.8. The van der Waals surface area contributed by atoms with Crippen molar-refractivity contribution in [3.05, 3.63) is 108 Å². The molecule has 190 valence electrons. The lowest BCUT2D eigenvalue weighted by Gasteiger charge is -2.10. The van der Waals surface area contributed by atoms with E-state index in [4.69, 9.17) is 0 Å². The van der Waals surface area contributed by atoms with Crippen molar-refractivity contribution >= 4 is 45.8 Å². The summed E-state index contributed by atoms with van der Waals surface area (Å²) in [7, 11) is 0. The maximum atomic E-state index is 12.9. The first-order chi connectivity index (χ1) is 18.3. The molecule has 0 radical (unpaired) electrons. The second-order valence-electron chi connectivity index (χ2n) is 8.40. The largest absolute Gasteiger partial charge is 0.416 e. The minimum absolute atomic E-state index is 0.315. The lowest BCUT2D eigenvalue weighted by Crippen LogP contribution is -2.05. The van der Waals surface area contributed by atoms with E-state index in [2.05, 4.69) is 36.1 Å². The first-order valence-corrected chi connectivity index (χ1v) is 11.6. The molecular weight excluding hydrogens is 491 g/mol. The number of hydrazone groups is 1. The number of aromatic nitrogens is 3. The molecule has 0 amide bonds. The zero-order valence-corrected chi connectivity index (χ0v) is 20.2. The number of aryl methyl sites for hydroxylation is 1. The SMILES string of the molecule is Cc1nc(N/N=C/c2ccc(Nc3cccc(C(F)(F)F)c3)cn2)nc2cc(Nc3ccccc3)ccc12. The zero-order valence-electron chi connectivity index (χ0n) is 20.2. The van der Waals surface area contributed by atoms with Crippen molar-refractivity contribution in [2.75, 3.05) is 16.1 Å². The average molecular weight is 514 g/mol. The smallest absolute Gasteiger partial charge is 0.355 e. The number of rotatable bonds is 7. The fourth-order valence-electron chi connectivity index (χ4n) is 3.76. The van der Waals surface area contributed by atoms with Gasteiger partial charge in [-0.3, -0.25) is 4.98 Å². The van der Waals surface area contributed by atoms with E-state index in [1.165, 1.54) is 18.5 Å². The summed E-state index contributed by atoms with van der Waals surface area (Å²) in [5.41, 5.74) is 6.96. The number of hydrogen-bond acceptors (Lipinski definition) is 7. The monoisotopic (exact) mass is 513 g/mol. The maximum Gasteiger partial charge on any atom is 0.416 e. The van der Waals surface area contributed by atoms with Crippen LogP contribution in [0.1, 0.15) is 17.0 Å². The van der Waals surface area contributed by atoms with E-state index in [9.17, 15) is 13.2 Å². The van der Waals surface area contributed by atoms with E-state index in [0.29, 0.717) is 23.0 Å². The molecule has 0 saturated heterocycles. The highest BCUT2D eigenvalue weighted by molar-refractivity contribution is 5.86. The van der Waals surface area contributed by atoms with Crippen LogP contribution in [0.2, 0.25) is 0 Å². The van der Waals surface area contributed by atoms with Gasteiger partial charge in [-0.2, -0.15) is 18.3 Å². The molecule has 2 heterocycles. The van der Waals surface area contributed by atoms with Crippen molar-refractivity contribution in [2.45, 2.75) is 13.1 Å².